The molecule has 0 bridgehead atoms. The number of hydrogen-bond acceptors (Lipinski definition) is 3. The van der Waals surface area contributed by atoms with E-state index in [2.05, 4.69) is 5.32 Å². The highest BCUT2D eigenvalue weighted by atomic mass is 19.4. The summed E-state index contributed by atoms with van der Waals surface area (Å²) < 4.78 is 43.7. The molecule has 0 aliphatic heterocycles. The molecule has 0 aliphatic rings. The van der Waals surface area contributed by atoms with Gasteiger partial charge in [0.1, 0.15) is 0 Å². The van der Waals surface area contributed by atoms with E-state index in [9.17, 15) is 22.8 Å². The van der Waals surface area contributed by atoms with Gasteiger partial charge < -0.3 is 10.1 Å². The topological polar surface area (TPSA) is 55.4 Å². The molecule has 7 heteroatoms. The summed E-state index contributed by atoms with van der Waals surface area (Å²) in [6, 6.07) is 9.85. The third-order valence-electron chi connectivity index (χ3n) is 3.98. The van der Waals surface area contributed by atoms with Crippen LogP contribution >= 0.6 is 0 Å². The van der Waals surface area contributed by atoms with Crippen molar-refractivity contribution in [3.63, 3.8) is 0 Å². The Kier molecular flexibility index (Phi) is 6.25. The Morgan fingerprint density at radius 1 is 1.07 bits per heavy atom. The first-order chi connectivity index (χ1) is 12.6. The van der Waals surface area contributed by atoms with Crippen molar-refractivity contribution >= 4 is 17.6 Å². The number of ether oxygens (including phenoxy) is 1. The molecule has 2 aromatic rings. The lowest BCUT2D eigenvalue weighted by atomic mass is 9.98. The summed E-state index contributed by atoms with van der Waals surface area (Å²) in [5.41, 5.74) is 0.637. The van der Waals surface area contributed by atoms with Gasteiger partial charge in [-0.1, -0.05) is 44.2 Å². The standard InChI is InChI=1S/C20H20F3NO3/c1-12(2)14-9-6-7-13(3)18(14)24-17(25)11-27-19(26)15-8-4-5-10-16(15)20(21,22)23/h4-10,12H,11H2,1-3H3,(H,24,25). The van der Waals surface area contributed by atoms with Gasteiger partial charge in [0.25, 0.3) is 5.91 Å². The highest BCUT2D eigenvalue weighted by molar-refractivity contribution is 5.97. The van der Waals surface area contributed by atoms with Gasteiger partial charge in [0.15, 0.2) is 6.61 Å². The second kappa shape index (κ2) is 8.24. The van der Waals surface area contributed by atoms with E-state index in [0.29, 0.717) is 5.69 Å². The van der Waals surface area contributed by atoms with Crippen LogP contribution in [0.2, 0.25) is 0 Å². The minimum absolute atomic E-state index is 0.154. The summed E-state index contributed by atoms with van der Waals surface area (Å²) in [7, 11) is 0. The van der Waals surface area contributed by atoms with Crippen LogP contribution in [0.5, 0.6) is 0 Å². The van der Waals surface area contributed by atoms with Gasteiger partial charge in [-0.25, -0.2) is 4.79 Å². The number of hydrogen-bond donors (Lipinski definition) is 1. The molecule has 0 unspecified atom stereocenters. The van der Waals surface area contributed by atoms with E-state index < -0.39 is 35.8 Å². The van der Waals surface area contributed by atoms with E-state index in [-0.39, 0.29) is 5.92 Å². The molecule has 0 radical (unpaired) electrons. The highest BCUT2D eigenvalue weighted by Crippen LogP contribution is 2.32. The van der Waals surface area contributed by atoms with Crippen molar-refractivity contribution in [2.45, 2.75) is 32.9 Å². The molecule has 4 nitrogen and oxygen atoms in total. The van der Waals surface area contributed by atoms with E-state index in [4.69, 9.17) is 4.74 Å². The number of carbonyl (C=O) groups is 2. The molecule has 27 heavy (non-hydrogen) atoms. The Labute approximate surface area is 155 Å². The molecule has 144 valence electrons. The molecule has 0 saturated heterocycles. The minimum Gasteiger partial charge on any atom is -0.452 e. The summed E-state index contributed by atoms with van der Waals surface area (Å²) >= 11 is 0. The Balaban J connectivity index is 2.09. The number of nitrogens with one attached hydrogen (secondary N) is 1. The fraction of sp³-hybridized carbons (Fsp3) is 0.300. The second-order valence-electron chi connectivity index (χ2n) is 6.36. The molecule has 0 aliphatic carbocycles. The summed E-state index contributed by atoms with van der Waals surface area (Å²) in [4.78, 5) is 24.2. The van der Waals surface area contributed by atoms with Crippen molar-refractivity contribution in [3.05, 3.63) is 64.7 Å². The number of aryl methyl sites for hydroxylation is 1. The first-order valence-electron chi connectivity index (χ1n) is 8.34. The van der Waals surface area contributed by atoms with Gasteiger partial charge in [-0.3, -0.25) is 4.79 Å². The number of halogens is 3. The minimum atomic E-state index is -4.69. The Bertz CT molecular complexity index is 845. The molecular weight excluding hydrogens is 359 g/mol. The maximum Gasteiger partial charge on any atom is 0.417 e. The summed E-state index contributed by atoms with van der Waals surface area (Å²) in [6.07, 6.45) is -4.69. The fourth-order valence-corrected chi connectivity index (χ4v) is 2.63. The van der Waals surface area contributed by atoms with E-state index in [1.807, 2.05) is 39.0 Å². The van der Waals surface area contributed by atoms with Crippen molar-refractivity contribution in [1.29, 1.82) is 0 Å². The Hall–Kier alpha value is -2.83. The maximum atomic E-state index is 13.0. The third-order valence-corrected chi connectivity index (χ3v) is 3.98. The van der Waals surface area contributed by atoms with Gasteiger partial charge in [0.2, 0.25) is 0 Å². The number of para-hydroxylation sites is 1. The zero-order valence-electron chi connectivity index (χ0n) is 15.2. The largest absolute Gasteiger partial charge is 0.452 e. The van der Waals surface area contributed by atoms with Crippen LogP contribution in [0.3, 0.4) is 0 Å². The lowest BCUT2D eigenvalue weighted by molar-refractivity contribution is -0.138. The molecular formula is C20H20F3NO3. The van der Waals surface area contributed by atoms with Crippen LogP contribution in [0, 0.1) is 6.92 Å². The number of benzene rings is 2. The number of anilines is 1. The molecule has 0 heterocycles. The van der Waals surface area contributed by atoms with Crippen LogP contribution in [-0.4, -0.2) is 18.5 Å². The van der Waals surface area contributed by atoms with Crippen molar-refractivity contribution in [2.24, 2.45) is 0 Å². The monoisotopic (exact) mass is 379 g/mol. The lowest BCUT2D eigenvalue weighted by Crippen LogP contribution is -2.23. The summed E-state index contributed by atoms with van der Waals surface area (Å²) in [5.74, 6) is -1.67. The van der Waals surface area contributed by atoms with Gasteiger partial charge in [-0.2, -0.15) is 13.2 Å². The van der Waals surface area contributed by atoms with Crippen molar-refractivity contribution in [3.8, 4) is 0 Å². The molecule has 1 N–H and O–H groups in total. The number of amides is 1. The molecule has 0 atom stereocenters. The molecule has 2 aromatic carbocycles. The van der Waals surface area contributed by atoms with Crippen molar-refractivity contribution in [1.82, 2.24) is 0 Å². The number of esters is 1. The Morgan fingerprint density at radius 2 is 1.74 bits per heavy atom. The first kappa shape index (κ1) is 20.5. The normalized spacial score (nSPS) is 11.4. The van der Waals surface area contributed by atoms with Crippen LogP contribution in [0.4, 0.5) is 18.9 Å². The predicted octanol–water partition coefficient (Wildman–Crippen LogP) is 4.93. The number of alkyl halides is 3. The SMILES string of the molecule is Cc1cccc(C(C)C)c1NC(=O)COC(=O)c1ccccc1C(F)(F)F. The fourth-order valence-electron chi connectivity index (χ4n) is 2.63. The predicted molar refractivity (Wildman–Crippen MR) is 95.6 cm³/mol. The van der Waals surface area contributed by atoms with E-state index in [1.54, 1.807) is 0 Å². The molecule has 2 rings (SSSR count). The van der Waals surface area contributed by atoms with E-state index in [1.165, 1.54) is 12.1 Å². The zero-order chi connectivity index (χ0) is 20.2. The average molecular weight is 379 g/mol. The van der Waals surface area contributed by atoms with Crippen LogP contribution in [0.15, 0.2) is 42.5 Å². The zero-order valence-corrected chi connectivity index (χ0v) is 15.2. The van der Waals surface area contributed by atoms with Gasteiger partial charge in [-0.05, 0) is 36.1 Å². The summed E-state index contributed by atoms with van der Waals surface area (Å²) in [6.45, 7) is 5.08. The van der Waals surface area contributed by atoms with Gasteiger partial charge >= 0.3 is 12.1 Å². The number of rotatable bonds is 5. The molecule has 1 amide bonds. The lowest BCUT2D eigenvalue weighted by Gasteiger charge is -2.16. The van der Waals surface area contributed by atoms with Crippen LogP contribution < -0.4 is 5.32 Å². The quantitative estimate of drug-likeness (QED) is 0.749. The molecule has 0 saturated carbocycles. The maximum absolute atomic E-state index is 13.0. The second-order valence-corrected chi connectivity index (χ2v) is 6.36. The third kappa shape index (κ3) is 5.09. The van der Waals surface area contributed by atoms with Crippen LogP contribution in [-0.2, 0) is 15.7 Å². The van der Waals surface area contributed by atoms with E-state index in [0.717, 1.165) is 23.3 Å². The van der Waals surface area contributed by atoms with Gasteiger partial charge in [-0.15, -0.1) is 0 Å². The molecule has 0 spiro atoms. The highest BCUT2D eigenvalue weighted by Gasteiger charge is 2.35. The first-order valence-corrected chi connectivity index (χ1v) is 8.34. The van der Waals surface area contributed by atoms with Crippen molar-refractivity contribution in [2.75, 3.05) is 11.9 Å². The summed E-state index contributed by atoms with van der Waals surface area (Å²) in [5, 5.41) is 2.67. The smallest absolute Gasteiger partial charge is 0.417 e. The van der Waals surface area contributed by atoms with Gasteiger partial charge in [0.05, 0.1) is 11.1 Å². The molecule has 0 fully saturated rings. The van der Waals surface area contributed by atoms with Crippen LogP contribution in [0.25, 0.3) is 0 Å². The van der Waals surface area contributed by atoms with E-state index >= 15 is 0 Å². The van der Waals surface area contributed by atoms with Crippen molar-refractivity contribution < 1.29 is 27.5 Å². The number of carbonyl (C=O) groups excluding carboxylic acids is 2. The van der Waals surface area contributed by atoms with Crippen LogP contribution in [0.1, 0.15) is 46.8 Å². The Morgan fingerprint density at radius 3 is 2.37 bits per heavy atom. The van der Waals surface area contributed by atoms with Gasteiger partial charge in [0, 0.05) is 5.69 Å². The molecule has 0 aromatic heterocycles. The average Bonchev–Trinajstić information content (AvgIpc) is 2.60.